The Balaban J connectivity index is 1.52. The lowest BCUT2D eigenvalue weighted by molar-refractivity contribution is -0.118. The van der Waals surface area contributed by atoms with E-state index in [0.717, 1.165) is 24.6 Å². The second kappa shape index (κ2) is 10.1. The highest BCUT2D eigenvalue weighted by atomic mass is 32.2. The minimum Gasteiger partial charge on any atom is -0.477 e. The maximum Gasteiger partial charge on any atom is 0.262 e. The Morgan fingerprint density at radius 3 is 2.59 bits per heavy atom. The summed E-state index contributed by atoms with van der Waals surface area (Å²) in [6.45, 7) is 3.59. The monoisotopic (exact) mass is 417 g/mol. The number of hydrogen-bond acceptors (Lipinski definition) is 7. The second-order valence-electron chi connectivity index (χ2n) is 6.56. The number of benzene rings is 1. The summed E-state index contributed by atoms with van der Waals surface area (Å²) in [5.41, 5.74) is 0.754. The number of anilines is 2. The first-order valence-electron chi connectivity index (χ1n) is 9.22. The van der Waals surface area contributed by atoms with Crippen LogP contribution in [0, 0.1) is 0 Å². The van der Waals surface area contributed by atoms with Crippen molar-refractivity contribution in [2.45, 2.75) is 13.5 Å². The van der Waals surface area contributed by atoms with E-state index in [1.54, 1.807) is 24.3 Å². The number of thioether (sulfide) groups is 1. The average molecular weight is 417 g/mol. The number of carbonyl (C=O) groups is 2. The van der Waals surface area contributed by atoms with Gasteiger partial charge in [-0.3, -0.25) is 19.3 Å². The van der Waals surface area contributed by atoms with E-state index in [9.17, 15) is 14.4 Å². The van der Waals surface area contributed by atoms with E-state index in [-0.39, 0.29) is 23.7 Å². The topological polar surface area (TPSA) is 101 Å². The number of nitrogens with zero attached hydrogens (tertiary/aromatic N) is 1. The van der Waals surface area contributed by atoms with E-state index in [4.69, 9.17) is 9.15 Å². The summed E-state index contributed by atoms with van der Waals surface area (Å²) in [7, 11) is 0. The maximum atomic E-state index is 12.2. The van der Waals surface area contributed by atoms with Crippen LogP contribution in [0.5, 0.6) is 5.75 Å². The molecule has 0 unspecified atom stereocenters. The molecular formula is C20H23N3O5S. The summed E-state index contributed by atoms with van der Waals surface area (Å²) in [4.78, 5) is 37.7. The fourth-order valence-corrected chi connectivity index (χ4v) is 3.80. The third-order valence-electron chi connectivity index (χ3n) is 4.16. The predicted octanol–water partition coefficient (Wildman–Crippen LogP) is 2.16. The SMILES string of the molecule is CC(=O)Nc1cccc(NC(=O)COc2coc(CN3CCSCC3)cc2=O)c1. The van der Waals surface area contributed by atoms with Gasteiger partial charge in [0.25, 0.3) is 5.91 Å². The molecule has 1 aliphatic rings. The number of carbonyl (C=O) groups excluding carboxylic acids is 2. The Labute approximate surface area is 172 Å². The third kappa shape index (κ3) is 6.65. The molecule has 0 spiro atoms. The van der Waals surface area contributed by atoms with Gasteiger partial charge >= 0.3 is 0 Å². The Morgan fingerprint density at radius 1 is 1.17 bits per heavy atom. The fraction of sp³-hybridized carbons (Fsp3) is 0.350. The molecule has 1 aliphatic heterocycles. The Hall–Kier alpha value is -2.78. The van der Waals surface area contributed by atoms with Crippen LogP contribution in [0.1, 0.15) is 12.7 Å². The summed E-state index contributed by atoms with van der Waals surface area (Å²) < 4.78 is 10.8. The number of rotatable bonds is 7. The highest BCUT2D eigenvalue weighted by Gasteiger charge is 2.14. The fourth-order valence-electron chi connectivity index (χ4n) is 2.82. The molecule has 1 saturated heterocycles. The molecule has 0 saturated carbocycles. The molecule has 2 heterocycles. The van der Waals surface area contributed by atoms with E-state index < -0.39 is 5.91 Å². The normalized spacial score (nSPS) is 14.2. The first-order valence-corrected chi connectivity index (χ1v) is 10.4. The molecule has 3 rings (SSSR count). The van der Waals surface area contributed by atoms with Crippen LogP contribution in [-0.2, 0) is 16.1 Å². The lowest BCUT2D eigenvalue weighted by Crippen LogP contribution is -2.32. The van der Waals surface area contributed by atoms with Crippen LogP contribution < -0.4 is 20.8 Å². The van der Waals surface area contributed by atoms with Gasteiger partial charge in [0.1, 0.15) is 12.0 Å². The smallest absolute Gasteiger partial charge is 0.262 e. The van der Waals surface area contributed by atoms with Crippen LogP contribution >= 0.6 is 11.8 Å². The lowest BCUT2D eigenvalue weighted by atomic mass is 10.2. The molecule has 1 aromatic carbocycles. The molecule has 154 valence electrons. The Kier molecular flexibility index (Phi) is 7.31. The van der Waals surface area contributed by atoms with Crippen molar-refractivity contribution in [2.75, 3.05) is 41.8 Å². The quantitative estimate of drug-likeness (QED) is 0.712. The second-order valence-corrected chi connectivity index (χ2v) is 7.79. The zero-order chi connectivity index (χ0) is 20.6. The third-order valence-corrected chi connectivity index (χ3v) is 5.10. The highest BCUT2D eigenvalue weighted by molar-refractivity contribution is 7.99. The van der Waals surface area contributed by atoms with Crippen molar-refractivity contribution in [1.82, 2.24) is 4.90 Å². The van der Waals surface area contributed by atoms with Crippen LogP contribution in [0.2, 0.25) is 0 Å². The molecule has 9 heteroatoms. The number of hydrogen-bond donors (Lipinski definition) is 2. The van der Waals surface area contributed by atoms with Crippen molar-refractivity contribution in [1.29, 1.82) is 0 Å². The minimum atomic E-state index is -0.431. The maximum absolute atomic E-state index is 12.2. The van der Waals surface area contributed by atoms with E-state index in [1.807, 2.05) is 11.8 Å². The first kappa shape index (κ1) is 20.9. The molecule has 1 aromatic heterocycles. The van der Waals surface area contributed by atoms with Gasteiger partial charge < -0.3 is 19.8 Å². The molecule has 0 atom stereocenters. The Morgan fingerprint density at radius 2 is 1.90 bits per heavy atom. The van der Waals surface area contributed by atoms with E-state index in [0.29, 0.717) is 23.7 Å². The number of ether oxygens (including phenoxy) is 1. The van der Waals surface area contributed by atoms with Gasteiger partial charge in [-0.05, 0) is 18.2 Å². The minimum absolute atomic E-state index is 0.00917. The van der Waals surface area contributed by atoms with E-state index in [2.05, 4.69) is 15.5 Å². The van der Waals surface area contributed by atoms with Gasteiger partial charge in [0, 0.05) is 49.0 Å². The predicted molar refractivity (Wildman–Crippen MR) is 112 cm³/mol. The van der Waals surface area contributed by atoms with Gasteiger partial charge in [-0.1, -0.05) is 6.07 Å². The number of amides is 2. The van der Waals surface area contributed by atoms with Crippen LogP contribution in [0.3, 0.4) is 0 Å². The first-order chi connectivity index (χ1) is 14.0. The van der Waals surface area contributed by atoms with Crippen molar-refractivity contribution in [3.05, 3.63) is 52.6 Å². The van der Waals surface area contributed by atoms with Crippen LogP contribution in [0.15, 0.2) is 45.8 Å². The van der Waals surface area contributed by atoms with Crippen molar-refractivity contribution >= 4 is 35.0 Å². The molecule has 8 nitrogen and oxygen atoms in total. The van der Waals surface area contributed by atoms with Crippen LogP contribution in [0.25, 0.3) is 0 Å². The molecule has 2 amide bonds. The molecule has 2 N–H and O–H groups in total. The van der Waals surface area contributed by atoms with Crippen LogP contribution in [0.4, 0.5) is 11.4 Å². The lowest BCUT2D eigenvalue weighted by Gasteiger charge is -2.25. The molecule has 0 aliphatic carbocycles. The molecular weight excluding hydrogens is 394 g/mol. The van der Waals surface area contributed by atoms with Gasteiger partial charge in [0.2, 0.25) is 17.1 Å². The molecule has 0 radical (unpaired) electrons. The van der Waals surface area contributed by atoms with Gasteiger partial charge in [0.05, 0.1) is 6.54 Å². The average Bonchev–Trinajstić information content (AvgIpc) is 2.68. The zero-order valence-electron chi connectivity index (χ0n) is 16.1. The molecule has 0 bridgehead atoms. The van der Waals surface area contributed by atoms with E-state index >= 15 is 0 Å². The van der Waals surface area contributed by atoms with Crippen molar-refractivity contribution in [3.8, 4) is 5.75 Å². The standard InChI is InChI=1S/C20H23N3O5S/c1-14(24)21-15-3-2-4-16(9-15)22-20(26)13-28-19-12-27-17(10-18(19)25)11-23-5-7-29-8-6-23/h2-4,9-10,12H,5-8,11,13H2,1H3,(H,21,24)(H,22,26). The summed E-state index contributed by atoms with van der Waals surface area (Å²) >= 11 is 1.92. The van der Waals surface area contributed by atoms with Crippen molar-refractivity contribution < 1.29 is 18.7 Å². The van der Waals surface area contributed by atoms with Gasteiger partial charge in [-0.2, -0.15) is 11.8 Å². The highest BCUT2D eigenvalue weighted by Crippen LogP contribution is 2.16. The molecule has 1 fully saturated rings. The van der Waals surface area contributed by atoms with E-state index in [1.165, 1.54) is 19.3 Å². The Bertz CT molecular complexity index is 924. The summed E-state index contributed by atoms with van der Waals surface area (Å²) in [5, 5.41) is 5.29. The van der Waals surface area contributed by atoms with Crippen molar-refractivity contribution in [3.63, 3.8) is 0 Å². The van der Waals surface area contributed by atoms with Crippen LogP contribution in [-0.4, -0.2) is 47.9 Å². The summed E-state index contributed by atoms with van der Waals surface area (Å²) in [6, 6.07) is 8.14. The van der Waals surface area contributed by atoms with Crippen molar-refractivity contribution in [2.24, 2.45) is 0 Å². The zero-order valence-corrected chi connectivity index (χ0v) is 16.9. The number of nitrogens with one attached hydrogen (secondary N) is 2. The summed E-state index contributed by atoms with van der Waals surface area (Å²) in [5.74, 6) is 2.09. The van der Waals surface area contributed by atoms with Gasteiger partial charge in [-0.25, -0.2) is 0 Å². The molecule has 29 heavy (non-hydrogen) atoms. The summed E-state index contributed by atoms with van der Waals surface area (Å²) in [6.07, 6.45) is 1.25. The largest absolute Gasteiger partial charge is 0.477 e. The molecule has 2 aromatic rings. The van der Waals surface area contributed by atoms with Gasteiger partial charge in [0.15, 0.2) is 6.61 Å². The van der Waals surface area contributed by atoms with Gasteiger partial charge in [-0.15, -0.1) is 0 Å².